The number of nitrogens with two attached hydrogens (primary N) is 1. The summed E-state index contributed by atoms with van der Waals surface area (Å²) in [6.07, 6.45) is 0.781. The van der Waals surface area contributed by atoms with Crippen molar-refractivity contribution in [1.82, 2.24) is 9.97 Å². The highest BCUT2D eigenvalue weighted by atomic mass is 16.5. The minimum Gasteiger partial charge on any atom is -0.368 e. The number of nitrogens with one attached hydrogen (secondary N) is 1. The topological polar surface area (TPSA) is 73.1 Å². The van der Waals surface area contributed by atoms with E-state index in [1.165, 1.54) is 0 Å². The van der Waals surface area contributed by atoms with Gasteiger partial charge in [0.25, 0.3) is 0 Å². The zero-order valence-corrected chi connectivity index (χ0v) is 12.8. The Morgan fingerprint density at radius 3 is 2.48 bits per heavy atom. The van der Waals surface area contributed by atoms with Gasteiger partial charge in [0.15, 0.2) is 5.82 Å². The van der Waals surface area contributed by atoms with Crippen molar-refractivity contribution in [2.75, 3.05) is 12.0 Å². The van der Waals surface area contributed by atoms with Gasteiger partial charge in [-0.2, -0.15) is 0 Å². The van der Waals surface area contributed by atoms with E-state index >= 15 is 0 Å². The first kappa shape index (κ1) is 15.4. The van der Waals surface area contributed by atoms with E-state index in [9.17, 15) is 0 Å². The third kappa shape index (κ3) is 3.37. The molecule has 5 nitrogen and oxygen atoms in total. The van der Waals surface area contributed by atoms with Crippen molar-refractivity contribution in [3.63, 3.8) is 0 Å². The van der Waals surface area contributed by atoms with Crippen LogP contribution in [-0.2, 0) is 10.3 Å². The number of nitrogen functional groups attached to an aromatic ring is 1. The second-order valence-electron chi connectivity index (χ2n) is 4.99. The van der Waals surface area contributed by atoms with Crippen LogP contribution in [0.1, 0.15) is 33.0 Å². The number of benzene rings is 1. The molecule has 0 spiro atoms. The predicted molar refractivity (Wildman–Crippen MR) is 84.5 cm³/mol. The molecule has 0 saturated heterocycles. The standard InChI is InChI=1S/C16H22N4O/c1-4-16(3,21-5-2)15-18-13(11-14(19-15)20-17)12-9-7-6-8-10-12/h6-11H,4-5,17H2,1-3H3,(H,18,19,20). The van der Waals surface area contributed by atoms with Gasteiger partial charge in [-0.15, -0.1) is 0 Å². The van der Waals surface area contributed by atoms with Gasteiger partial charge in [-0.1, -0.05) is 37.3 Å². The molecule has 21 heavy (non-hydrogen) atoms. The average molecular weight is 286 g/mol. The van der Waals surface area contributed by atoms with Crippen LogP contribution in [0.15, 0.2) is 36.4 Å². The minimum absolute atomic E-state index is 0.523. The van der Waals surface area contributed by atoms with E-state index in [-0.39, 0.29) is 0 Å². The molecule has 1 heterocycles. The predicted octanol–water partition coefficient (Wildman–Crippen LogP) is 3.09. The van der Waals surface area contributed by atoms with Gasteiger partial charge >= 0.3 is 0 Å². The summed E-state index contributed by atoms with van der Waals surface area (Å²) in [4.78, 5) is 9.15. The van der Waals surface area contributed by atoms with Crippen molar-refractivity contribution in [2.24, 2.45) is 5.84 Å². The molecule has 1 atom stereocenters. The zero-order chi connectivity index (χ0) is 15.3. The van der Waals surface area contributed by atoms with Crippen LogP contribution in [0.2, 0.25) is 0 Å². The number of nitrogens with zero attached hydrogens (tertiary/aromatic N) is 2. The lowest BCUT2D eigenvalue weighted by Gasteiger charge is -2.27. The van der Waals surface area contributed by atoms with Gasteiger partial charge in [0.1, 0.15) is 11.4 Å². The van der Waals surface area contributed by atoms with Gasteiger partial charge in [0.05, 0.1) is 5.69 Å². The lowest BCUT2D eigenvalue weighted by Crippen LogP contribution is -2.28. The fourth-order valence-corrected chi connectivity index (χ4v) is 2.16. The van der Waals surface area contributed by atoms with Crippen LogP contribution >= 0.6 is 0 Å². The van der Waals surface area contributed by atoms with E-state index in [2.05, 4.69) is 22.3 Å². The Labute approximate surface area is 125 Å². The number of ether oxygens (including phenoxy) is 1. The van der Waals surface area contributed by atoms with E-state index in [0.29, 0.717) is 18.2 Å². The fraction of sp³-hybridized carbons (Fsp3) is 0.375. The number of hydrogen-bond donors (Lipinski definition) is 2. The van der Waals surface area contributed by atoms with Crippen LogP contribution in [0.25, 0.3) is 11.3 Å². The summed E-state index contributed by atoms with van der Waals surface area (Å²) >= 11 is 0. The summed E-state index contributed by atoms with van der Waals surface area (Å²) in [6, 6.07) is 11.8. The lowest BCUT2D eigenvalue weighted by molar-refractivity contribution is -0.0388. The third-order valence-electron chi connectivity index (χ3n) is 3.55. The minimum atomic E-state index is -0.523. The number of anilines is 1. The first-order valence-corrected chi connectivity index (χ1v) is 7.18. The Balaban J connectivity index is 2.52. The summed E-state index contributed by atoms with van der Waals surface area (Å²) in [5.41, 5.74) is 3.93. The summed E-state index contributed by atoms with van der Waals surface area (Å²) in [5.74, 6) is 6.76. The molecule has 1 unspecified atom stereocenters. The average Bonchev–Trinajstić information content (AvgIpc) is 2.55. The number of rotatable bonds is 6. The second-order valence-corrected chi connectivity index (χ2v) is 4.99. The van der Waals surface area contributed by atoms with Crippen molar-refractivity contribution in [3.05, 3.63) is 42.2 Å². The Hall–Kier alpha value is -1.98. The summed E-state index contributed by atoms with van der Waals surface area (Å²) in [5, 5.41) is 0. The fourth-order valence-electron chi connectivity index (χ4n) is 2.16. The van der Waals surface area contributed by atoms with Gasteiger partial charge in [0, 0.05) is 18.2 Å². The zero-order valence-electron chi connectivity index (χ0n) is 12.8. The van der Waals surface area contributed by atoms with Crippen molar-refractivity contribution in [1.29, 1.82) is 0 Å². The van der Waals surface area contributed by atoms with Gasteiger partial charge in [0.2, 0.25) is 0 Å². The molecule has 0 bridgehead atoms. The Bertz CT molecular complexity index is 588. The number of hydrazine groups is 1. The monoisotopic (exact) mass is 286 g/mol. The van der Waals surface area contributed by atoms with E-state index in [1.54, 1.807) is 0 Å². The highest BCUT2D eigenvalue weighted by molar-refractivity contribution is 5.62. The van der Waals surface area contributed by atoms with Crippen molar-refractivity contribution < 1.29 is 4.74 Å². The number of hydrogen-bond acceptors (Lipinski definition) is 5. The van der Waals surface area contributed by atoms with Gasteiger partial charge in [-0.3, -0.25) is 0 Å². The molecule has 1 aromatic carbocycles. The molecule has 5 heteroatoms. The summed E-state index contributed by atoms with van der Waals surface area (Å²) in [6.45, 7) is 6.64. The molecular weight excluding hydrogens is 264 g/mol. The van der Waals surface area contributed by atoms with E-state index in [1.807, 2.05) is 50.2 Å². The first-order valence-electron chi connectivity index (χ1n) is 7.18. The maximum Gasteiger partial charge on any atom is 0.162 e. The Kier molecular flexibility index (Phi) is 4.88. The summed E-state index contributed by atoms with van der Waals surface area (Å²) in [7, 11) is 0. The van der Waals surface area contributed by atoms with E-state index in [0.717, 1.165) is 17.7 Å². The van der Waals surface area contributed by atoms with Crippen LogP contribution < -0.4 is 11.3 Å². The van der Waals surface area contributed by atoms with Crippen LogP contribution in [-0.4, -0.2) is 16.6 Å². The molecule has 0 amide bonds. The van der Waals surface area contributed by atoms with Crippen LogP contribution in [0.5, 0.6) is 0 Å². The van der Waals surface area contributed by atoms with E-state index < -0.39 is 5.60 Å². The second kappa shape index (κ2) is 6.65. The quantitative estimate of drug-likeness (QED) is 0.630. The molecule has 0 aliphatic rings. The number of aromatic nitrogens is 2. The molecule has 0 fully saturated rings. The molecule has 0 radical (unpaired) electrons. The smallest absolute Gasteiger partial charge is 0.162 e. The maximum atomic E-state index is 5.86. The van der Waals surface area contributed by atoms with Crippen LogP contribution in [0, 0.1) is 0 Å². The third-order valence-corrected chi connectivity index (χ3v) is 3.55. The molecule has 0 saturated carbocycles. The molecule has 1 aromatic heterocycles. The van der Waals surface area contributed by atoms with Gasteiger partial charge in [-0.25, -0.2) is 15.8 Å². The van der Waals surface area contributed by atoms with Crippen molar-refractivity contribution in [2.45, 2.75) is 32.8 Å². The van der Waals surface area contributed by atoms with Gasteiger partial charge in [-0.05, 0) is 20.3 Å². The largest absolute Gasteiger partial charge is 0.368 e. The highest BCUT2D eigenvalue weighted by Gasteiger charge is 2.29. The molecule has 0 aliphatic heterocycles. The van der Waals surface area contributed by atoms with Crippen LogP contribution in [0.3, 0.4) is 0 Å². The van der Waals surface area contributed by atoms with Crippen molar-refractivity contribution in [3.8, 4) is 11.3 Å². The van der Waals surface area contributed by atoms with E-state index in [4.69, 9.17) is 10.6 Å². The lowest BCUT2D eigenvalue weighted by atomic mass is 10.0. The molecule has 2 rings (SSSR count). The highest BCUT2D eigenvalue weighted by Crippen LogP contribution is 2.29. The van der Waals surface area contributed by atoms with Gasteiger partial charge < -0.3 is 10.2 Å². The van der Waals surface area contributed by atoms with Crippen molar-refractivity contribution >= 4 is 5.82 Å². The molecule has 3 N–H and O–H groups in total. The van der Waals surface area contributed by atoms with Crippen LogP contribution in [0.4, 0.5) is 5.82 Å². The molecular formula is C16H22N4O. The first-order chi connectivity index (χ1) is 10.1. The normalized spacial score (nSPS) is 13.7. The molecule has 0 aliphatic carbocycles. The summed E-state index contributed by atoms with van der Waals surface area (Å²) < 4.78 is 5.86. The molecule has 2 aromatic rings. The Morgan fingerprint density at radius 1 is 1.19 bits per heavy atom. The SMILES string of the molecule is CCOC(C)(CC)c1nc(NN)cc(-c2ccccc2)n1. The molecule has 112 valence electrons. The maximum absolute atomic E-state index is 5.86. The Morgan fingerprint density at radius 2 is 1.90 bits per heavy atom.